The molecule has 0 radical (unpaired) electrons. The molecule has 2 N–H and O–H groups in total. The molecule has 0 fully saturated rings. The third kappa shape index (κ3) is 3.72. The molecule has 10 heteroatoms. The summed E-state index contributed by atoms with van der Waals surface area (Å²) < 4.78 is 68.2. The molecule has 0 saturated carbocycles. The van der Waals surface area contributed by atoms with Crippen LogP contribution < -0.4 is 0 Å². The summed E-state index contributed by atoms with van der Waals surface area (Å²) in [5, 5.41) is 0.805. The van der Waals surface area contributed by atoms with Crippen molar-refractivity contribution < 1.29 is 25.9 Å². The third-order valence-corrected chi connectivity index (χ3v) is 7.22. The normalized spacial score (nSPS) is 12.3. The zero-order valence-corrected chi connectivity index (χ0v) is 19.0. The van der Waals surface area contributed by atoms with Crippen molar-refractivity contribution >= 4 is 42.0 Å². The van der Waals surface area contributed by atoms with Gasteiger partial charge in [0.2, 0.25) is 0 Å². The summed E-state index contributed by atoms with van der Waals surface area (Å²) in [6.45, 7) is 0. The van der Waals surface area contributed by atoms with E-state index in [2.05, 4.69) is 9.97 Å². The van der Waals surface area contributed by atoms with E-state index in [9.17, 15) is 25.9 Å². The molecule has 0 aliphatic rings. The van der Waals surface area contributed by atoms with E-state index in [1.807, 2.05) is 0 Å². The van der Waals surface area contributed by atoms with Crippen LogP contribution in [0.25, 0.3) is 44.1 Å². The highest BCUT2D eigenvalue weighted by Crippen LogP contribution is 2.40. The molecule has 0 unspecified atom stereocenters. The van der Waals surface area contributed by atoms with Crippen LogP contribution in [0, 0.1) is 0 Å². The van der Waals surface area contributed by atoms with E-state index in [-0.39, 0.29) is 20.9 Å². The largest absolute Gasteiger partial charge is 0.296 e. The molecule has 2 heterocycles. The molecule has 0 spiro atoms. The van der Waals surface area contributed by atoms with Crippen LogP contribution in [0.5, 0.6) is 0 Å². The lowest BCUT2D eigenvalue weighted by atomic mass is 9.96. The van der Waals surface area contributed by atoms with Crippen molar-refractivity contribution in [3.05, 3.63) is 85.2 Å². The fourth-order valence-corrected chi connectivity index (χ4v) is 5.43. The Morgan fingerprint density at radius 1 is 0.529 bits per heavy atom. The number of nitrogens with zero attached hydrogens (tertiary/aromatic N) is 2. The number of fused-ring (bicyclic) bond motifs is 3. The van der Waals surface area contributed by atoms with E-state index in [0.29, 0.717) is 32.9 Å². The van der Waals surface area contributed by atoms with E-state index in [1.165, 1.54) is 0 Å². The van der Waals surface area contributed by atoms with Gasteiger partial charge in [0.05, 0.1) is 11.0 Å². The van der Waals surface area contributed by atoms with Gasteiger partial charge in [0, 0.05) is 34.3 Å². The molecule has 5 rings (SSSR count). The van der Waals surface area contributed by atoms with E-state index >= 15 is 0 Å². The molecular weight excluding hydrogens is 476 g/mol. The maximum absolute atomic E-state index is 12.1. The van der Waals surface area contributed by atoms with Gasteiger partial charge in [-0.1, -0.05) is 72.8 Å². The van der Waals surface area contributed by atoms with Gasteiger partial charge in [0.25, 0.3) is 20.2 Å². The molecule has 0 aliphatic heterocycles. The Morgan fingerprint density at radius 2 is 0.882 bits per heavy atom. The van der Waals surface area contributed by atoms with Gasteiger partial charge in [-0.3, -0.25) is 19.1 Å². The lowest BCUT2D eigenvalue weighted by Crippen LogP contribution is -2.05. The van der Waals surface area contributed by atoms with Crippen LogP contribution in [-0.4, -0.2) is 35.9 Å². The fraction of sp³-hybridized carbons (Fsp3) is 0. The van der Waals surface area contributed by atoms with Gasteiger partial charge in [-0.15, -0.1) is 0 Å². The molecule has 0 bridgehead atoms. The number of hydrogen-bond acceptors (Lipinski definition) is 6. The van der Waals surface area contributed by atoms with Crippen molar-refractivity contribution in [2.45, 2.75) is 9.79 Å². The summed E-state index contributed by atoms with van der Waals surface area (Å²) in [5.74, 6) is 0. The van der Waals surface area contributed by atoms with Crippen molar-refractivity contribution in [1.82, 2.24) is 9.97 Å². The second kappa shape index (κ2) is 7.96. The highest BCUT2D eigenvalue weighted by Gasteiger charge is 2.24. The summed E-state index contributed by atoms with van der Waals surface area (Å²) in [6, 6.07) is 20.5. The van der Waals surface area contributed by atoms with Gasteiger partial charge in [-0.25, -0.2) is 0 Å². The molecule has 170 valence electrons. The molecular formula is C24H16N2O6S2. The minimum absolute atomic E-state index is 0.247. The first-order valence-corrected chi connectivity index (χ1v) is 12.8. The van der Waals surface area contributed by atoms with Crippen molar-refractivity contribution in [2.75, 3.05) is 0 Å². The van der Waals surface area contributed by atoms with Gasteiger partial charge < -0.3 is 0 Å². The van der Waals surface area contributed by atoms with Gasteiger partial charge in [0.15, 0.2) is 0 Å². The Labute approximate surface area is 195 Å². The molecule has 8 nitrogen and oxygen atoms in total. The Morgan fingerprint density at radius 3 is 1.21 bits per heavy atom. The SMILES string of the molecule is O=S(=O)(O)c1cnc2c(ccc3c(-c4ccccc4)c(S(=O)(=O)O)cnc32)c1-c1ccccc1. The van der Waals surface area contributed by atoms with E-state index in [0.717, 1.165) is 12.4 Å². The zero-order chi connectivity index (χ0) is 24.1. The smallest absolute Gasteiger partial charge is 0.282 e. The predicted molar refractivity (Wildman–Crippen MR) is 128 cm³/mol. The van der Waals surface area contributed by atoms with Crippen LogP contribution in [0.1, 0.15) is 0 Å². The van der Waals surface area contributed by atoms with E-state index in [4.69, 9.17) is 0 Å². The van der Waals surface area contributed by atoms with Gasteiger partial charge in [-0.05, 0) is 11.1 Å². The van der Waals surface area contributed by atoms with Gasteiger partial charge >= 0.3 is 0 Å². The summed E-state index contributed by atoms with van der Waals surface area (Å²) in [4.78, 5) is 7.83. The lowest BCUT2D eigenvalue weighted by Gasteiger charge is -2.15. The average Bonchev–Trinajstić information content (AvgIpc) is 2.82. The van der Waals surface area contributed by atoms with E-state index < -0.39 is 20.2 Å². The molecule has 0 saturated heterocycles. The molecule has 0 atom stereocenters. The molecule has 0 aliphatic carbocycles. The molecule has 2 aromatic heterocycles. The Bertz CT molecular complexity index is 1650. The topological polar surface area (TPSA) is 135 Å². The van der Waals surface area contributed by atoms with Crippen LogP contribution in [0.4, 0.5) is 0 Å². The monoisotopic (exact) mass is 492 g/mol. The van der Waals surface area contributed by atoms with Crippen molar-refractivity contribution in [3.8, 4) is 22.3 Å². The highest BCUT2D eigenvalue weighted by molar-refractivity contribution is 7.86. The summed E-state index contributed by atoms with van der Waals surface area (Å²) in [7, 11) is -9.20. The molecule has 3 aromatic carbocycles. The van der Waals surface area contributed by atoms with Crippen molar-refractivity contribution in [1.29, 1.82) is 0 Å². The number of pyridine rings is 2. The highest BCUT2D eigenvalue weighted by atomic mass is 32.2. The quantitative estimate of drug-likeness (QED) is 0.274. The third-order valence-electron chi connectivity index (χ3n) is 5.49. The van der Waals surface area contributed by atoms with Gasteiger partial charge in [0.1, 0.15) is 9.79 Å². The number of hydrogen-bond donors (Lipinski definition) is 2. The van der Waals surface area contributed by atoms with Crippen LogP contribution in [0.3, 0.4) is 0 Å². The molecule has 0 amide bonds. The fourth-order valence-electron chi connectivity index (χ4n) is 4.08. The first kappa shape index (κ1) is 22.1. The second-order valence-corrected chi connectivity index (χ2v) is 10.3. The summed E-state index contributed by atoms with van der Waals surface area (Å²) in [5.41, 5.74) is 2.19. The van der Waals surface area contributed by atoms with Gasteiger partial charge in [-0.2, -0.15) is 16.8 Å². The van der Waals surface area contributed by atoms with Crippen molar-refractivity contribution in [2.24, 2.45) is 0 Å². The predicted octanol–water partition coefficient (Wildman–Crippen LogP) is 4.61. The first-order valence-electron chi connectivity index (χ1n) is 9.96. The summed E-state index contributed by atoms with van der Waals surface area (Å²) >= 11 is 0. The Balaban J connectivity index is 1.96. The van der Waals surface area contributed by atoms with Crippen LogP contribution in [0.2, 0.25) is 0 Å². The Hall–Kier alpha value is -3.70. The molecule has 34 heavy (non-hydrogen) atoms. The lowest BCUT2D eigenvalue weighted by molar-refractivity contribution is 0.481. The first-order chi connectivity index (χ1) is 16.2. The number of aromatic nitrogens is 2. The average molecular weight is 493 g/mol. The van der Waals surface area contributed by atoms with Crippen LogP contribution >= 0.6 is 0 Å². The number of benzene rings is 3. The maximum atomic E-state index is 12.1. The van der Waals surface area contributed by atoms with Crippen LogP contribution in [0.15, 0.2) is 95.0 Å². The van der Waals surface area contributed by atoms with Crippen molar-refractivity contribution in [3.63, 3.8) is 0 Å². The second-order valence-electron chi connectivity index (χ2n) is 7.53. The Kier molecular flexibility index (Phi) is 5.18. The van der Waals surface area contributed by atoms with E-state index in [1.54, 1.807) is 72.8 Å². The molecule has 5 aromatic rings. The number of rotatable bonds is 4. The minimum Gasteiger partial charge on any atom is -0.282 e. The maximum Gasteiger partial charge on any atom is 0.296 e. The van der Waals surface area contributed by atoms with Crippen LogP contribution in [-0.2, 0) is 20.2 Å². The summed E-state index contributed by atoms with van der Waals surface area (Å²) in [6.07, 6.45) is 2.11. The zero-order valence-electron chi connectivity index (χ0n) is 17.3. The standard InChI is InChI=1S/C24H16N2O6S2/c27-33(28,29)19-13-25-23-17(21(19)15-7-3-1-4-8-15)11-12-18-22(16-9-5-2-6-10-16)20(34(30,31)32)14-26-24(18)23/h1-14H,(H,27,28,29)(H,30,31,32). The minimum atomic E-state index is -4.60.